The van der Waals surface area contributed by atoms with Gasteiger partial charge in [0.25, 0.3) is 0 Å². The molecule has 0 bridgehead atoms. The molecule has 1 heterocycles. The molecule has 15 heavy (non-hydrogen) atoms. The zero-order chi connectivity index (χ0) is 11.3. The monoisotopic (exact) mass is 214 g/mol. The van der Waals surface area contributed by atoms with Crippen LogP contribution in [-0.4, -0.2) is 35.9 Å². The third kappa shape index (κ3) is 5.50. The van der Waals surface area contributed by atoms with Crippen LogP contribution in [-0.2, 0) is 0 Å². The van der Waals surface area contributed by atoms with Crippen molar-refractivity contribution in [3.63, 3.8) is 0 Å². The molecule has 3 nitrogen and oxygen atoms in total. The average Bonchev–Trinajstić information content (AvgIpc) is 2.53. The van der Waals surface area contributed by atoms with Crippen LogP contribution in [0.5, 0.6) is 0 Å². The topological polar surface area (TPSA) is 44.3 Å². The van der Waals surface area contributed by atoms with Crippen molar-refractivity contribution in [2.45, 2.75) is 70.7 Å². The van der Waals surface area contributed by atoms with Crippen LogP contribution < -0.4 is 10.6 Å². The zero-order valence-corrected chi connectivity index (χ0v) is 10.3. The Hall–Kier alpha value is -0.120. The number of aliphatic hydroxyl groups excluding tert-OH is 1. The molecule has 1 fully saturated rings. The van der Waals surface area contributed by atoms with Gasteiger partial charge in [-0.25, -0.2) is 0 Å². The van der Waals surface area contributed by atoms with Gasteiger partial charge >= 0.3 is 0 Å². The summed E-state index contributed by atoms with van der Waals surface area (Å²) in [5.74, 6) is 0. The van der Waals surface area contributed by atoms with Crippen molar-refractivity contribution in [1.29, 1.82) is 0 Å². The molecule has 3 heteroatoms. The third-order valence-electron chi connectivity index (χ3n) is 3.06. The lowest BCUT2D eigenvalue weighted by molar-refractivity contribution is 0.167. The van der Waals surface area contributed by atoms with Crippen LogP contribution >= 0.6 is 0 Å². The molecule has 4 unspecified atom stereocenters. The Morgan fingerprint density at radius 1 is 1.33 bits per heavy atom. The molecule has 4 atom stereocenters. The Morgan fingerprint density at radius 3 is 2.60 bits per heavy atom. The summed E-state index contributed by atoms with van der Waals surface area (Å²) >= 11 is 0. The van der Waals surface area contributed by atoms with Crippen LogP contribution in [0.25, 0.3) is 0 Å². The normalized spacial score (nSPS) is 27.6. The number of rotatable bonds is 6. The van der Waals surface area contributed by atoms with E-state index in [9.17, 15) is 5.11 Å². The van der Waals surface area contributed by atoms with Gasteiger partial charge < -0.3 is 15.7 Å². The van der Waals surface area contributed by atoms with E-state index in [1.165, 1.54) is 25.8 Å². The van der Waals surface area contributed by atoms with Gasteiger partial charge in [0, 0.05) is 18.1 Å². The van der Waals surface area contributed by atoms with Crippen LogP contribution in [0.4, 0.5) is 0 Å². The molecule has 0 aromatic carbocycles. The molecule has 0 aliphatic carbocycles. The summed E-state index contributed by atoms with van der Waals surface area (Å²) < 4.78 is 0. The molecular weight excluding hydrogens is 188 g/mol. The van der Waals surface area contributed by atoms with Crippen molar-refractivity contribution < 1.29 is 5.11 Å². The maximum absolute atomic E-state index is 9.27. The number of hydrogen-bond donors (Lipinski definition) is 3. The summed E-state index contributed by atoms with van der Waals surface area (Å²) in [6, 6.07) is 1.64. The maximum atomic E-state index is 9.27. The third-order valence-corrected chi connectivity index (χ3v) is 3.06. The van der Waals surface area contributed by atoms with E-state index in [4.69, 9.17) is 0 Å². The molecular formula is C12H26N2O. The van der Waals surface area contributed by atoms with Gasteiger partial charge in [-0.2, -0.15) is 0 Å². The van der Waals surface area contributed by atoms with E-state index in [1.54, 1.807) is 0 Å². The predicted molar refractivity (Wildman–Crippen MR) is 64.0 cm³/mol. The number of hydrogen-bond acceptors (Lipinski definition) is 3. The second-order valence-corrected chi connectivity index (χ2v) is 5.08. The van der Waals surface area contributed by atoms with E-state index in [2.05, 4.69) is 24.5 Å². The summed E-state index contributed by atoms with van der Waals surface area (Å²) in [6.45, 7) is 7.41. The van der Waals surface area contributed by atoms with E-state index >= 15 is 0 Å². The van der Waals surface area contributed by atoms with Crippen LogP contribution in [0.1, 0.15) is 46.5 Å². The Balaban J connectivity index is 2.13. The van der Waals surface area contributed by atoms with Gasteiger partial charge in [0.1, 0.15) is 0 Å². The summed E-state index contributed by atoms with van der Waals surface area (Å²) in [5.41, 5.74) is 0. The first-order chi connectivity index (χ1) is 7.08. The molecule has 0 spiro atoms. The molecule has 1 aliphatic rings. The first-order valence-corrected chi connectivity index (χ1v) is 6.25. The summed E-state index contributed by atoms with van der Waals surface area (Å²) in [4.78, 5) is 0. The Bertz CT molecular complexity index is 167. The summed E-state index contributed by atoms with van der Waals surface area (Å²) in [5, 5.41) is 16.3. The van der Waals surface area contributed by atoms with Crippen molar-refractivity contribution in [2.24, 2.45) is 0 Å². The first-order valence-electron chi connectivity index (χ1n) is 6.25. The van der Waals surface area contributed by atoms with Gasteiger partial charge in [-0.05, 0) is 53.0 Å². The number of nitrogens with one attached hydrogen (secondary N) is 2. The predicted octanol–water partition coefficient (Wildman–Crippen LogP) is 1.27. The van der Waals surface area contributed by atoms with E-state index in [0.29, 0.717) is 18.1 Å². The highest BCUT2D eigenvalue weighted by atomic mass is 16.3. The lowest BCUT2D eigenvalue weighted by atomic mass is 10.0. The van der Waals surface area contributed by atoms with E-state index in [1.807, 2.05) is 6.92 Å². The van der Waals surface area contributed by atoms with Crippen LogP contribution in [0, 0.1) is 0 Å². The molecule has 0 amide bonds. The Kier molecular flexibility index (Phi) is 5.58. The minimum atomic E-state index is -0.204. The van der Waals surface area contributed by atoms with Crippen molar-refractivity contribution >= 4 is 0 Å². The van der Waals surface area contributed by atoms with Crippen LogP contribution in [0.3, 0.4) is 0 Å². The quantitative estimate of drug-likeness (QED) is 0.624. The first kappa shape index (κ1) is 12.9. The van der Waals surface area contributed by atoms with Crippen LogP contribution in [0.2, 0.25) is 0 Å². The van der Waals surface area contributed by atoms with Gasteiger partial charge in [0.05, 0.1) is 6.10 Å². The van der Waals surface area contributed by atoms with Gasteiger partial charge in [-0.1, -0.05) is 0 Å². The molecule has 0 aromatic heterocycles. The highest BCUT2D eigenvalue weighted by Gasteiger charge is 2.18. The lowest BCUT2D eigenvalue weighted by Gasteiger charge is -2.23. The second-order valence-electron chi connectivity index (χ2n) is 5.08. The fourth-order valence-corrected chi connectivity index (χ4v) is 2.52. The molecule has 3 N–H and O–H groups in total. The van der Waals surface area contributed by atoms with Crippen molar-refractivity contribution in [1.82, 2.24) is 10.6 Å². The zero-order valence-electron chi connectivity index (χ0n) is 10.3. The molecule has 90 valence electrons. The van der Waals surface area contributed by atoms with E-state index in [-0.39, 0.29) is 6.10 Å². The molecule has 1 rings (SSSR count). The minimum absolute atomic E-state index is 0.204. The van der Waals surface area contributed by atoms with E-state index < -0.39 is 0 Å². The second kappa shape index (κ2) is 6.46. The molecule has 0 saturated carbocycles. The van der Waals surface area contributed by atoms with Gasteiger partial charge in [-0.15, -0.1) is 0 Å². The van der Waals surface area contributed by atoms with Crippen LogP contribution in [0.15, 0.2) is 0 Å². The Morgan fingerprint density at radius 2 is 2.07 bits per heavy atom. The summed E-state index contributed by atoms with van der Waals surface area (Å²) in [6.07, 6.45) is 4.47. The standard InChI is InChI=1S/C12H26N2O/c1-9(7-11(3)15)14-10(2)8-12-5-4-6-13-12/h9-15H,4-8H2,1-3H3. The van der Waals surface area contributed by atoms with E-state index in [0.717, 1.165) is 6.42 Å². The van der Waals surface area contributed by atoms with Crippen molar-refractivity contribution in [3.05, 3.63) is 0 Å². The van der Waals surface area contributed by atoms with Gasteiger partial charge in [-0.3, -0.25) is 0 Å². The highest BCUT2D eigenvalue weighted by molar-refractivity contribution is 4.80. The Labute approximate surface area is 93.6 Å². The molecule has 1 saturated heterocycles. The largest absolute Gasteiger partial charge is 0.393 e. The van der Waals surface area contributed by atoms with Crippen molar-refractivity contribution in [2.75, 3.05) is 6.54 Å². The SMILES string of the molecule is CC(O)CC(C)NC(C)CC1CCCN1. The molecule has 1 aliphatic heterocycles. The smallest absolute Gasteiger partial charge is 0.0526 e. The van der Waals surface area contributed by atoms with Gasteiger partial charge in [0.15, 0.2) is 0 Å². The van der Waals surface area contributed by atoms with Crippen molar-refractivity contribution in [3.8, 4) is 0 Å². The highest BCUT2D eigenvalue weighted by Crippen LogP contribution is 2.11. The minimum Gasteiger partial charge on any atom is -0.393 e. The molecule has 0 aromatic rings. The lowest BCUT2D eigenvalue weighted by Crippen LogP contribution is -2.39. The summed E-state index contributed by atoms with van der Waals surface area (Å²) in [7, 11) is 0. The maximum Gasteiger partial charge on any atom is 0.0526 e. The van der Waals surface area contributed by atoms with Gasteiger partial charge in [0.2, 0.25) is 0 Å². The number of aliphatic hydroxyl groups is 1. The molecule has 0 radical (unpaired) electrons. The fourth-order valence-electron chi connectivity index (χ4n) is 2.52. The fraction of sp³-hybridized carbons (Fsp3) is 1.00. The average molecular weight is 214 g/mol.